The van der Waals surface area contributed by atoms with Gasteiger partial charge in [0.05, 0.1) is 0 Å². The third-order valence-corrected chi connectivity index (χ3v) is 1.99. The van der Waals surface area contributed by atoms with Gasteiger partial charge in [-0.3, -0.25) is 0 Å². The number of nitrogens with two attached hydrogens (primary N) is 1. The van der Waals surface area contributed by atoms with Crippen molar-refractivity contribution in [3.05, 3.63) is 5.28 Å². The largest absolute Gasteiger partial charge is 0.368 e. The van der Waals surface area contributed by atoms with Gasteiger partial charge in [0.25, 0.3) is 0 Å². The van der Waals surface area contributed by atoms with Crippen LogP contribution in [0.2, 0.25) is 5.28 Å². The fraction of sp³-hybridized carbons (Fsp3) is 0.667. The Hall–Kier alpha value is -1.10. The summed E-state index contributed by atoms with van der Waals surface area (Å²) >= 11 is 5.66. The molecule has 0 fully saturated rings. The van der Waals surface area contributed by atoms with Crippen LogP contribution in [0.1, 0.15) is 27.2 Å². The number of anilines is 2. The first-order chi connectivity index (χ1) is 6.97. The number of nitrogens with one attached hydrogen (secondary N) is 1. The molecule has 0 radical (unpaired) electrons. The minimum atomic E-state index is 0.113. The maximum Gasteiger partial charge on any atom is 0.229 e. The van der Waals surface area contributed by atoms with E-state index < -0.39 is 0 Å². The third-order valence-electron chi connectivity index (χ3n) is 1.83. The zero-order valence-electron chi connectivity index (χ0n) is 9.16. The number of halogens is 1. The van der Waals surface area contributed by atoms with E-state index >= 15 is 0 Å². The number of rotatable bonds is 4. The summed E-state index contributed by atoms with van der Waals surface area (Å²) in [6, 6.07) is 0.280. The number of nitrogens with zero attached hydrogens (tertiary/aromatic N) is 3. The first-order valence-corrected chi connectivity index (χ1v) is 5.28. The van der Waals surface area contributed by atoms with Gasteiger partial charge in [-0.15, -0.1) is 0 Å². The predicted octanol–water partition coefficient (Wildman–Crippen LogP) is 1.95. The van der Waals surface area contributed by atoms with Gasteiger partial charge in [0.15, 0.2) is 0 Å². The summed E-state index contributed by atoms with van der Waals surface area (Å²) in [5.74, 6) is 1.18. The molecule has 0 aliphatic rings. The average molecular weight is 230 g/mol. The molecule has 1 rings (SSSR count). The van der Waals surface area contributed by atoms with E-state index in [-0.39, 0.29) is 17.3 Å². The highest BCUT2D eigenvalue weighted by atomic mass is 35.5. The molecule has 1 heterocycles. The van der Waals surface area contributed by atoms with Crippen LogP contribution in [-0.4, -0.2) is 21.0 Å². The molecule has 1 atom stereocenters. The molecule has 0 aliphatic carbocycles. The van der Waals surface area contributed by atoms with Gasteiger partial charge >= 0.3 is 0 Å². The molecule has 1 aromatic heterocycles. The summed E-state index contributed by atoms with van der Waals surface area (Å²) < 4.78 is 0. The van der Waals surface area contributed by atoms with E-state index in [1.807, 2.05) is 0 Å². The molecule has 0 aliphatic heterocycles. The van der Waals surface area contributed by atoms with Gasteiger partial charge in [0.1, 0.15) is 0 Å². The summed E-state index contributed by atoms with van der Waals surface area (Å²) in [4.78, 5) is 11.6. The first-order valence-electron chi connectivity index (χ1n) is 4.91. The molecule has 6 heteroatoms. The lowest BCUT2D eigenvalue weighted by Crippen LogP contribution is -2.19. The molecule has 0 saturated heterocycles. The second-order valence-electron chi connectivity index (χ2n) is 3.96. The summed E-state index contributed by atoms with van der Waals surface area (Å²) in [6.45, 7) is 6.38. The van der Waals surface area contributed by atoms with Crippen molar-refractivity contribution in [1.82, 2.24) is 15.0 Å². The molecule has 0 bridgehead atoms. The fourth-order valence-corrected chi connectivity index (χ4v) is 1.58. The van der Waals surface area contributed by atoms with Crippen molar-refractivity contribution >= 4 is 23.5 Å². The summed E-state index contributed by atoms with van der Waals surface area (Å²) in [6.07, 6.45) is 1.03. The quantitative estimate of drug-likeness (QED) is 0.825. The minimum absolute atomic E-state index is 0.113. The number of aromatic nitrogens is 3. The summed E-state index contributed by atoms with van der Waals surface area (Å²) in [5.41, 5.74) is 5.45. The molecule has 5 nitrogen and oxygen atoms in total. The molecule has 1 aromatic rings. The van der Waals surface area contributed by atoms with E-state index in [0.717, 1.165) is 6.42 Å². The van der Waals surface area contributed by atoms with Crippen molar-refractivity contribution in [1.29, 1.82) is 0 Å². The molecule has 3 N–H and O–H groups in total. The van der Waals surface area contributed by atoms with Gasteiger partial charge in [0.2, 0.25) is 17.2 Å². The van der Waals surface area contributed by atoms with Crippen LogP contribution in [0.4, 0.5) is 11.9 Å². The molecular formula is C9H16ClN5. The lowest BCUT2D eigenvalue weighted by atomic mass is 10.1. The van der Waals surface area contributed by atoms with Crippen molar-refractivity contribution in [3.63, 3.8) is 0 Å². The van der Waals surface area contributed by atoms with Crippen LogP contribution in [0.5, 0.6) is 0 Å². The van der Waals surface area contributed by atoms with Crippen molar-refractivity contribution in [2.24, 2.45) is 5.92 Å². The highest BCUT2D eigenvalue weighted by Gasteiger charge is 2.08. The van der Waals surface area contributed by atoms with Crippen LogP contribution >= 0.6 is 11.6 Å². The topological polar surface area (TPSA) is 76.7 Å². The van der Waals surface area contributed by atoms with Crippen LogP contribution in [-0.2, 0) is 0 Å². The van der Waals surface area contributed by atoms with Crippen LogP contribution in [0.3, 0.4) is 0 Å². The Labute approximate surface area is 94.5 Å². The van der Waals surface area contributed by atoms with Crippen LogP contribution < -0.4 is 11.1 Å². The molecule has 84 valence electrons. The minimum Gasteiger partial charge on any atom is -0.368 e. The maximum absolute atomic E-state index is 5.66. The van der Waals surface area contributed by atoms with Gasteiger partial charge < -0.3 is 11.1 Å². The molecular weight excluding hydrogens is 214 g/mol. The normalized spacial score (nSPS) is 12.9. The van der Waals surface area contributed by atoms with Gasteiger partial charge in [-0.2, -0.15) is 15.0 Å². The number of hydrogen-bond acceptors (Lipinski definition) is 5. The first kappa shape index (κ1) is 12.0. The number of hydrogen-bond donors (Lipinski definition) is 2. The third kappa shape index (κ3) is 4.29. The van der Waals surface area contributed by atoms with Crippen LogP contribution in [0.25, 0.3) is 0 Å². The van der Waals surface area contributed by atoms with E-state index in [9.17, 15) is 0 Å². The second kappa shape index (κ2) is 5.11. The lowest BCUT2D eigenvalue weighted by Gasteiger charge is -2.15. The Morgan fingerprint density at radius 1 is 1.27 bits per heavy atom. The lowest BCUT2D eigenvalue weighted by molar-refractivity contribution is 0.537. The summed E-state index contributed by atoms with van der Waals surface area (Å²) in [7, 11) is 0. The molecule has 0 aromatic carbocycles. The highest BCUT2D eigenvalue weighted by molar-refractivity contribution is 6.28. The van der Waals surface area contributed by atoms with Gasteiger partial charge in [-0.1, -0.05) is 13.8 Å². The predicted molar refractivity (Wildman–Crippen MR) is 61.8 cm³/mol. The Kier molecular flexibility index (Phi) is 4.08. The van der Waals surface area contributed by atoms with E-state index in [0.29, 0.717) is 11.9 Å². The van der Waals surface area contributed by atoms with Gasteiger partial charge in [-0.25, -0.2) is 0 Å². The maximum atomic E-state index is 5.66. The standard InChI is InChI=1S/C9H16ClN5/c1-5(2)4-6(3)12-9-14-7(10)13-8(11)15-9/h5-6H,4H2,1-3H3,(H3,11,12,13,14,15). The van der Waals surface area contributed by atoms with E-state index in [1.165, 1.54) is 0 Å². The van der Waals surface area contributed by atoms with E-state index in [1.54, 1.807) is 0 Å². The van der Waals surface area contributed by atoms with Gasteiger partial charge in [0, 0.05) is 6.04 Å². The average Bonchev–Trinajstić information content (AvgIpc) is 1.98. The molecule has 15 heavy (non-hydrogen) atoms. The van der Waals surface area contributed by atoms with Crippen molar-refractivity contribution in [2.45, 2.75) is 33.2 Å². The van der Waals surface area contributed by atoms with Crippen molar-refractivity contribution < 1.29 is 0 Å². The van der Waals surface area contributed by atoms with Crippen molar-refractivity contribution in [2.75, 3.05) is 11.1 Å². The molecule has 0 amide bonds. The van der Waals surface area contributed by atoms with E-state index in [2.05, 4.69) is 41.0 Å². The Bertz CT molecular complexity index is 308. The molecule has 0 spiro atoms. The van der Waals surface area contributed by atoms with Crippen LogP contribution in [0, 0.1) is 5.92 Å². The van der Waals surface area contributed by atoms with Gasteiger partial charge in [-0.05, 0) is 30.9 Å². The van der Waals surface area contributed by atoms with Crippen LogP contribution in [0.15, 0.2) is 0 Å². The van der Waals surface area contributed by atoms with Crippen molar-refractivity contribution in [3.8, 4) is 0 Å². The number of nitrogen functional groups attached to an aromatic ring is 1. The molecule has 0 saturated carbocycles. The molecule has 1 unspecified atom stereocenters. The zero-order chi connectivity index (χ0) is 11.4. The fourth-order valence-electron chi connectivity index (χ4n) is 1.42. The highest BCUT2D eigenvalue weighted by Crippen LogP contribution is 2.11. The smallest absolute Gasteiger partial charge is 0.229 e. The Balaban J connectivity index is 2.63. The zero-order valence-corrected chi connectivity index (χ0v) is 9.91. The summed E-state index contributed by atoms with van der Waals surface area (Å²) in [5, 5.41) is 3.24. The SMILES string of the molecule is CC(C)CC(C)Nc1nc(N)nc(Cl)n1. The second-order valence-corrected chi connectivity index (χ2v) is 4.30. The Morgan fingerprint density at radius 2 is 1.93 bits per heavy atom. The van der Waals surface area contributed by atoms with E-state index in [4.69, 9.17) is 17.3 Å². The monoisotopic (exact) mass is 229 g/mol. The Morgan fingerprint density at radius 3 is 2.47 bits per heavy atom.